The molecule has 0 atom stereocenters. The number of halogens is 2. The van der Waals surface area contributed by atoms with Crippen LogP contribution in [0.5, 0.6) is 11.6 Å². The average Bonchev–Trinajstić information content (AvgIpc) is 2.36. The topological polar surface area (TPSA) is 84.3 Å². The highest BCUT2D eigenvalue weighted by Crippen LogP contribution is 2.27. The SMILES string of the molecule is COc1ccc(-n2c(O)c(F)c(=O)[nH]c2=O)cc1Cl. The van der Waals surface area contributed by atoms with Crippen molar-refractivity contribution < 1.29 is 14.2 Å². The summed E-state index contributed by atoms with van der Waals surface area (Å²) in [4.78, 5) is 24.3. The Morgan fingerprint density at radius 1 is 1.42 bits per heavy atom. The molecule has 1 heterocycles. The molecule has 100 valence electrons. The van der Waals surface area contributed by atoms with Crippen LogP contribution in [-0.4, -0.2) is 21.8 Å². The van der Waals surface area contributed by atoms with Crippen molar-refractivity contribution in [1.82, 2.24) is 9.55 Å². The van der Waals surface area contributed by atoms with E-state index < -0.39 is 22.9 Å². The van der Waals surface area contributed by atoms with Gasteiger partial charge in [-0.1, -0.05) is 11.6 Å². The third-order valence-corrected chi connectivity index (χ3v) is 2.72. The Morgan fingerprint density at radius 2 is 2.11 bits per heavy atom. The first-order chi connectivity index (χ1) is 8.95. The largest absolute Gasteiger partial charge is 0.495 e. The van der Waals surface area contributed by atoms with E-state index in [4.69, 9.17) is 16.3 Å². The molecule has 0 aliphatic carbocycles. The van der Waals surface area contributed by atoms with Crippen LogP contribution in [0.15, 0.2) is 27.8 Å². The minimum Gasteiger partial charge on any atom is -0.495 e. The molecule has 0 radical (unpaired) electrons. The lowest BCUT2D eigenvalue weighted by Crippen LogP contribution is -2.30. The molecule has 2 aromatic rings. The van der Waals surface area contributed by atoms with Crippen LogP contribution in [0.4, 0.5) is 4.39 Å². The monoisotopic (exact) mass is 286 g/mol. The second kappa shape index (κ2) is 4.77. The molecule has 0 bridgehead atoms. The van der Waals surface area contributed by atoms with Crippen LogP contribution in [0.3, 0.4) is 0 Å². The van der Waals surface area contributed by atoms with E-state index in [1.54, 1.807) is 4.98 Å². The van der Waals surface area contributed by atoms with E-state index in [1.807, 2.05) is 0 Å². The molecule has 0 saturated heterocycles. The molecule has 0 spiro atoms. The van der Waals surface area contributed by atoms with Gasteiger partial charge in [-0.05, 0) is 18.2 Å². The highest BCUT2D eigenvalue weighted by Gasteiger charge is 2.15. The predicted molar refractivity (Wildman–Crippen MR) is 65.8 cm³/mol. The zero-order valence-electron chi connectivity index (χ0n) is 9.61. The summed E-state index contributed by atoms with van der Waals surface area (Å²) in [5.41, 5.74) is -2.19. The maximum Gasteiger partial charge on any atom is 0.335 e. The highest BCUT2D eigenvalue weighted by atomic mass is 35.5. The smallest absolute Gasteiger partial charge is 0.335 e. The molecular weight excluding hydrogens is 279 g/mol. The molecule has 0 unspecified atom stereocenters. The predicted octanol–water partition coefficient (Wildman–Crippen LogP) is 1.03. The molecule has 0 fully saturated rings. The number of nitrogens with zero attached hydrogens (tertiary/aromatic N) is 1. The van der Waals surface area contributed by atoms with Crippen molar-refractivity contribution >= 4 is 11.6 Å². The van der Waals surface area contributed by atoms with E-state index in [0.29, 0.717) is 10.3 Å². The fourth-order valence-electron chi connectivity index (χ4n) is 1.54. The number of rotatable bonds is 2. The van der Waals surface area contributed by atoms with Gasteiger partial charge in [0.1, 0.15) is 5.75 Å². The normalized spacial score (nSPS) is 10.5. The first-order valence-electron chi connectivity index (χ1n) is 5.03. The number of ether oxygens (including phenoxy) is 1. The third kappa shape index (κ3) is 2.19. The number of aromatic hydroxyl groups is 1. The van der Waals surface area contributed by atoms with Crippen molar-refractivity contribution in [2.75, 3.05) is 7.11 Å². The van der Waals surface area contributed by atoms with Crippen molar-refractivity contribution in [3.8, 4) is 17.3 Å². The van der Waals surface area contributed by atoms with Crippen molar-refractivity contribution in [2.24, 2.45) is 0 Å². The van der Waals surface area contributed by atoms with Crippen LogP contribution in [0.2, 0.25) is 5.02 Å². The number of nitrogens with one attached hydrogen (secondary N) is 1. The van der Waals surface area contributed by atoms with Gasteiger partial charge >= 0.3 is 5.69 Å². The molecule has 0 aliphatic rings. The summed E-state index contributed by atoms with van der Waals surface area (Å²) < 4.78 is 18.8. The van der Waals surface area contributed by atoms with E-state index in [1.165, 1.54) is 25.3 Å². The zero-order valence-corrected chi connectivity index (χ0v) is 10.4. The summed E-state index contributed by atoms with van der Waals surface area (Å²) in [5, 5.41) is 9.69. The minimum atomic E-state index is -1.45. The number of aromatic nitrogens is 2. The molecule has 8 heteroatoms. The van der Waals surface area contributed by atoms with Gasteiger partial charge in [0.2, 0.25) is 11.7 Å². The number of methoxy groups -OCH3 is 1. The average molecular weight is 287 g/mol. The summed E-state index contributed by atoms with van der Waals surface area (Å²) in [7, 11) is 1.41. The van der Waals surface area contributed by atoms with Gasteiger partial charge in [-0.3, -0.25) is 9.78 Å². The Bertz CT molecular complexity index is 753. The number of hydrogen-bond donors (Lipinski definition) is 2. The molecule has 0 saturated carbocycles. The van der Waals surface area contributed by atoms with Crippen LogP contribution in [0.1, 0.15) is 0 Å². The van der Waals surface area contributed by atoms with Gasteiger partial charge in [-0.25, -0.2) is 9.36 Å². The van der Waals surface area contributed by atoms with Crippen molar-refractivity contribution in [3.05, 3.63) is 49.9 Å². The molecule has 0 amide bonds. The Hall–Kier alpha value is -2.28. The van der Waals surface area contributed by atoms with Crippen molar-refractivity contribution in [3.63, 3.8) is 0 Å². The Morgan fingerprint density at radius 3 is 2.68 bits per heavy atom. The van der Waals surface area contributed by atoms with Gasteiger partial charge in [0.25, 0.3) is 5.56 Å². The molecule has 6 nitrogen and oxygen atoms in total. The quantitative estimate of drug-likeness (QED) is 0.864. The zero-order chi connectivity index (χ0) is 14.2. The fourth-order valence-corrected chi connectivity index (χ4v) is 1.79. The lowest BCUT2D eigenvalue weighted by molar-refractivity contribution is 0.385. The van der Waals surface area contributed by atoms with Crippen molar-refractivity contribution in [1.29, 1.82) is 0 Å². The number of aromatic amines is 1. The molecule has 2 N–H and O–H groups in total. The summed E-state index contributed by atoms with van der Waals surface area (Å²) >= 11 is 5.87. The summed E-state index contributed by atoms with van der Waals surface area (Å²) in [6.07, 6.45) is 0. The van der Waals surface area contributed by atoms with Crippen LogP contribution < -0.4 is 16.0 Å². The van der Waals surface area contributed by atoms with Crippen LogP contribution in [0.25, 0.3) is 5.69 Å². The minimum absolute atomic E-state index is 0.0865. The molecule has 19 heavy (non-hydrogen) atoms. The van der Waals surface area contributed by atoms with Gasteiger partial charge in [0.05, 0.1) is 17.8 Å². The van der Waals surface area contributed by atoms with Crippen molar-refractivity contribution in [2.45, 2.75) is 0 Å². The van der Waals surface area contributed by atoms with E-state index >= 15 is 0 Å². The number of benzene rings is 1. The van der Waals surface area contributed by atoms with Crippen LogP contribution in [0, 0.1) is 5.82 Å². The van der Waals surface area contributed by atoms with Gasteiger partial charge in [0, 0.05) is 0 Å². The van der Waals surface area contributed by atoms with E-state index in [0.717, 1.165) is 0 Å². The van der Waals surface area contributed by atoms with Gasteiger partial charge in [-0.15, -0.1) is 0 Å². The molecule has 0 aliphatic heterocycles. The lowest BCUT2D eigenvalue weighted by atomic mass is 10.3. The summed E-state index contributed by atoms with van der Waals surface area (Å²) in [6.45, 7) is 0. The molecular formula is C11H8ClFN2O4. The Labute approximate surface area is 110 Å². The van der Waals surface area contributed by atoms with Gasteiger partial charge in [0.15, 0.2) is 0 Å². The van der Waals surface area contributed by atoms with Crippen LogP contribution in [-0.2, 0) is 0 Å². The maximum atomic E-state index is 13.3. The highest BCUT2D eigenvalue weighted by molar-refractivity contribution is 6.32. The maximum absolute atomic E-state index is 13.3. The lowest BCUT2D eigenvalue weighted by Gasteiger charge is -2.10. The first kappa shape index (κ1) is 13.2. The Balaban J connectivity index is 2.73. The van der Waals surface area contributed by atoms with Gasteiger partial charge in [-0.2, -0.15) is 4.39 Å². The van der Waals surface area contributed by atoms with E-state index in [-0.39, 0.29) is 10.7 Å². The van der Waals surface area contributed by atoms with Gasteiger partial charge < -0.3 is 9.84 Å². The summed E-state index contributed by atoms with van der Waals surface area (Å²) in [6, 6.07) is 4.11. The Kier molecular flexibility index (Phi) is 3.30. The second-order valence-electron chi connectivity index (χ2n) is 3.55. The summed E-state index contributed by atoms with van der Waals surface area (Å²) in [5.74, 6) is -2.19. The third-order valence-electron chi connectivity index (χ3n) is 2.42. The molecule has 2 rings (SSSR count). The molecule has 1 aromatic heterocycles. The fraction of sp³-hybridized carbons (Fsp3) is 0.0909. The number of H-pyrrole nitrogens is 1. The number of hydrogen-bond acceptors (Lipinski definition) is 4. The van der Waals surface area contributed by atoms with E-state index in [2.05, 4.69) is 0 Å². The molecule has 1 aromatic carbocycles. The first-order valence-corrected chi connectivity index (χ1v) is 5.41. The standard InChI is InChI=1S/C11H8ClFN2O4/c1-19-7-3-2-5(4-6(7)12)15-10(17)8(13)9(16)14-11(15)18/h2-4,17H,1H3,(H,14,16,18). The van der Waals surface area contributed by atoms with Crippen LogP contribution >= 0.6 is 11.6 Å². The van der Waals surface area contributed by atoms with E-state index in [9.17, 15) is 19.1 Å². The second-order valence-corrected chi connectivity index (χ2v) is 3.96.